The van der Waals surface area contributed by atoms with Gasteiger partial charge in [0, 0.05) is 29.3 Å². The van der Waals surface area contributed by atoms with Gasteiger partial charge in [-0.05, 0) is 42.7 Å². The number of aromatic carboxylic acids is 1. The second-order valence-electron chi connectivity index (χ2n) is 6.64. The van der Waals surface area contributed by atoms with Crippen molar-refractivity contribution in [3.8, 4) is 0 Å². The number of fused-ring (bicyclic) bond motifs is 1. The molecule has 0 saturated heterocycles. The number of nitrogens with zero attached hydrogens (tertiary/aromatic N) is 2. The highest BCUT2D eigenvalue weighted by atomic mass is 35.5. The Bertz CT molecular complexity index is 1060. The van der Waals surface area contributed by atoms with Crippen molar-refractivity contribution in [2.45, 2.75) is 31.4 Å². The van der Waals surface area contributed by atoms with Crippen LogP contribution in [0.2, 0.25) is 5.02 Å². The van der Waals surface area contributed by atoms with Gasteiger partial charge in [-0.1, -0.05) is 17.7 Å². The third-order valence-electron chi connectivity index (χ3n) is 4.69. The minimum absolute atomic E-state index is 0.00191. The molecule has 2 heterocycles. The summed E-state index contributed by atoms with van der Waals surface area (Å²) < 4.78 is 42.0. The van der Waals surface area contributed by atoms with Gasteiger partial charge < -0.3 is 9.51 Å². The Hall–Kier alpha value is -2.54. The van der Waals surface area contributed by atoms with E-state index in [1.165, 1.54) is 24.3 Å². The van der Waals surface area contributed by atoms with Crippen LogP contribution in [0.3, 0.4) is 0 Å². The van der Waals surface area contributed by atoms with E-state index < -0.39 is 17.7 Å². The molecule has 4 rings (SSSR count). The summed E-state index contributed by atoms with van der Waals surface area (Å²) >= 11 is 5.75. The maximum absolute atomic E-state index is 13.4. The lowest BCUT2D eigenvalue weighted by molar-refractivity contribution is -0.138. The Kier molecular flexibility index (Phi) is 4.14. The van der Waals surface area contributed by atoms with Crippen LogP contribution < -0.4 is 0 Å². The lowest BCUT2D eigenvalue weighted by Gasteiger charge is -2.13. The topological polar surface area (TPSA) is 54.6 Å². The number of alkyl halides is 3. The first kappa shape index (κ1) is 17.9. The Labute approximate surface area is 157 Å². The van der Waals surface area contributed by atoms with Crippen LogP contribution in [0.5, 0.6) is 0 Å². The number of imidazole rings is 1. The number of aromatic nitrogens is 2. The van der Waals surface area contributed by atoms with Crippen molar-refractivity contribution >= 4 is 23.2 Å². The zero-order chi connectivity index (χ0) is 19.3. The summed E-state index contributed by atoms with van der Waals surface area (Å²) in [6.45, 7) is 0. The Balaban J connectivity index is 1.83. The van der Waals surface area contributed by atoms with E-state index in [-0.39, 0.29) is 28.5 Å². The molecule has 0 amide bonds. The van der Waals surface area contributed by atoms with Crippen LogP contribution in [-0.2, 0) is 12.6 Å². The van der Waals surface area contributed by atoms with E-state index in [4.69, 9.17) is 16.7 Å². The van der Waals surface area contributed by atoms with Crippen LogP contribution in [0.15, 0.2) is 36.5 Å². The third kappa shape index (κ3) is 3.39. The van der Waals surface area contributed by atoms with Crippen molar-refractivity contribution in [3.05, 3.63) is 69.6 Å². The van der Waals surface area contributed by atoms with Crippen LogP contribution in [0.1, 0.15) is 51.6 Å². The van der Waals surface area contributed by atoms with E-state index >= 15 is 0 Å². The Morgan fingerprint density at radius 3 is 2.63 bits per heavy atom. The van der Waals surface area contributed by atoms with Gasteiger partial charge in [-0.15, -0.1) is 0 Å². The number of carbonyl (C=O) groups is 1. The van der Waals surface area contributed by atoms with Gasteiger partial charge in [-0.3, -0.25) is 0 Å². The highest BCUT2D eigenvalue weighted by molar-refractivity contribution is 6.30. The first-order valence-corrected chi connectivity index (χ1v) is 8.71. The normalized spacial score (nSPS) is 14.7. The molecule has 1 saturated carbocycles. The van der Waals surface area contributed by atoms with E-state index in [0.717, 1.165) is 24.6 Å². The first-order chi connectivity index (χ1) is 12.7. The van der Waals surface area contributed by atoms with E-state index in [0.29, 0.717) is 11.3 Å². The van der Waals surface area contributed by atoms with Gasteiger partial charge in [0.25, 0.3) is 0 Å². The maximum atomic E-state index is 13.4. The van der Waals surface area contributed by atoms with Gasteiger partial charge in [0.05, 0.1) is 16.8 Å². The van der Waals surface area contributed by atoms with Gasteiger partial charge in [0.2, 0.25) is 0 Å². The van der Waals surface area contributed by atoms with Crippen molar-refractivity contribution in [1.29, 1.82) is 0 Å². The average Bonchev–Trinajstić information content (AvgIpc) is 3.36. The smallest absolute Gasteiger partial charge is 0.416 e. The van der Waals surface area contributed by atoms with Gasteiger partial charge in [-0.2, -0.15) is 13.2 Å². The van der Waals surface area contributed by atoms with Crippen molar-refractivity contribution < 1.29 is 23.1 Å². The van der Waals surface area contributed by atoms with Crippen molar-refractivity contribution in [1.82, 2.24) is 9.38 Å². The molecule has 2 aromatic heterocycles. The molecule has 1 aromatic carbocycles. The largest absolute Gasteiger partial charge is 0.478 e. The van der Waals surface area contributed by atoms with Crippen molar-refractivity contribution in [2.75, 3.05) is 0 Å². The third-order valence-corrected chi connectivity index (χ3v) is 4.92. The lowest BCUT2D eigenvalue weighted by atomic mass is 10.0. The summed E-state index contributed by atoms with van der Waals surface area (Å²) in [7, 11) is 0. The molecule has 0 spiro atoms. The van der Waals surface area contributed by atoms with Gasteiger partial charge >= 0.3 is 12.1 Å². The molecule has 0 unspecified atom stereocenters. The molecule has 1 aliphatic carbocycles. The minimum atomic E-state index is -4.52. The van der Waals surface area contributed by atoms with E-state index in [1.54, 1.807) is 10.6 Å². The molecular weight excluding hydrogens is 381 g/mol. The summed E-state index contributed by atoms with van der Waals surface area (Å²) in [6, 6.07) is 6.63. The van der Waals surface area contributed by atoms with Crippen LogP contribution >= 0.6 is 11.6 Å². The summed E-state index contributed by atoms with van der Waals surface area (Å²) in [5.74, 6) is -0.848. The summed E-state index contributed by atoms with van der Waals surface area (Å²) in [5.41, 5.74) is 1.21. The molecule has 4 nitrogen and oxygen atoms in total. The van der Waals surface area contributed by atoms with Crippen LogP contribution in [0.25, 0.3) is 5.65 Å². The van der Waals surface area contributed by atoms with Gasteiger partial charge in [0.1, 0.15) is 5.65 Å². The number of hydrogen-bond acceptors (Lipinski definition) is 2. The van der Waals surface area contributed by atoms with Crippen molar-refractivity contribution in [3.63, 3.8) is 0 Å². The average molecular weight is 395 g/mol. The fourth-order valence-corrected chi connectivity index (χ4v) is 3.48. The Morgan fingerprint density at radius 2 is 2.00 bits per heavy atom. The SMILES string of the molecule is O=C(O)c1ccn2c(C3CC3)c(Cc3ccc(Cl)cc3C(F)(F)F)nc2c1. The highest BCUT2D eigenvalue weighted by Crippen LogP contribution is 2.43. The molecule has 1 fully saturated rings. The number of benzene rings is 1. The van der Waals surface area contributed by atoms with Crippen LogP contribution in [0.4, 0.5) is 13.2 Å². The highest BCUT2D eigenvalue weighted by Gasteiger charge is 2.35. The maximum Gasteiger partial charge on any atom is 0.416 e. The fraction of sp³-hybridized carbons (Fsp3) is 0.263. The number of pyridine rings is 1. The monoisotopic (exact) mass is 394 g/mol. The molecule has 8 heteroatoms. The zero-order valence-electron chi connectivity index (χ0n) is 13.9. The summed E-state index contributed by atoms with van der Waals surface area (Å²) in [5, 5.41) is 9.18. The second kappa shape index (κ2) is 6.27. The van der Waals surface area contributed by atoms with Crippen molar-refractivity contribution in [2.24, 2.45) is 0 Å². The van der Waals surface area contributed by atoms with E-state index in [1.807, 2.05) is 0 Å². The molecule has 3 aromatic rings. The molecule has 0 radical (unpaired) electrons. The van der Waals surface area contributed by atoms with E-state index in [2.05, 4.69) is 4.98 Å². The summed E-state index contributed by atoms with van der Waals surface area (Å²) in [6.07, 6.45) is -1.02. The first-order valence-electron chi connectivity index (χ1n) is 8.34. The molecule has 1 N–H and O–H groups in total. The lowest BCUT2D eigenvalue weighted by Crippen LogP contribution is -2.10. The van der Waals surface area contributed by atoms with Crippen LogP contribution in [-0.4, -0.2) is 20.5 Å². The van der Waals surface area contributed by atoms with E-state index in [9.17, 15) is 18.0 Å². The molecule has 140 valence electrons. The second-order valence-corrected chi connectivity index (χ2v) is 7.08. The zero-order valence-corrected chi connectivity index (χ0v) is 14.7. The fourth-order valence-electron chi connectivity index (χ4n) is 3.31. The number of carboxylic acids is 1. The number of carboxylic acid groups (broad SMARTS) is 1. The Morgan fingerprint density at radius 1 is 1.26 bits per heavy atom. The molecule has 1 aliphatic rings. The summed E-state index contributed by atoms with van der Waals surface area (Å²) in [4.78, 5) is 15.6. The number of hydrogen-bond donors (Lipinski definition) is 1. The molecule has 0 bridgehead atoms. The molecule has 0 atom stereocenters. The molecular formula is C19H14ClF3N2O2. The molecule has 27 heavy (non-hydrogen) atoms. The quantitative estimate of drug-likeness (QED) is 0.664. The van der Waals surface area contributed by atoms with Gasteiger partial charge in [-0.25, -0.2) is 9.78 Å². The molecule has 0 aliphatic heterocycles. The van der Waals surface area contributed by atoms with Gasteiger partial charge in [0.15, 0.2) is 0 Å². The number of rotatable bonds is 4. The standard InChI is InChI=1S/C19H14ClF3N2O2/c20-13-4-3-11(14(9-13)19(21,22)23)7-15-17(10-1-2-10)25-6-5-12(18(26)27)8-16(25)24-15/h3-6,8-10H,1-2,7H2,(H,26,27). The minimum Gasteiger partial charge on any atom is -0.478 e. The predicted molar refractivity (Wildman–Crippen MR) is 93.4 cm³/mol. The van der Waals surface area contributed by atoms with Crippen LogP contribution in [0, 0.1) is 0 Å². The predicted octanol–water partition coefficient (Wildman–Crippen LogP) is 5.17. The number of halogens is 4.